The van der Waals surface area contributed by atoms with E-state index in [0.29, 0.717) is 12.1 Å². The number of hydrogen-bond acceptors (Lipinski definition) is 2. The van der Waals surface area contributed by atoms with Gasteiger partial charge in [0.05, 0.1) is 6.10 Å². The van der Waals surface area contributed by atoms with Crippen LogP contribution in [-0.2, 0) is 4.74 Å². The van der Waals surface area contributed by atoms with E-state index in [-0.39, 0.29) is 11.4 Å². The Morgan fingerprint density at radius 3 is 2.39 bits per heavy atom. The van der Waals surface area contributed by atoms with E-state index in [1.165, 1.54) is 25.7 Å². The molecule has 0 bridgehead atoms. The smallest absolute Gasteiger partial charge is 0.319 e. The molecule has 2 saturated carbocycles. The van der Waals surface area contributed by atoms with E-state index in [1.54, 1.807) is 4.90 Å². The van der Waals surface area contributed by atoms with Gasteiger partial charge in [-0.2, -0.15) is 0 Å². The molecular weight excluding hydrogens is 228 g/mol. The van der Waals surface area contributed by atoms with E-state index in [9.17, 15) is 4.79 Å². The summed E-state index contributed by atoms with van der Waals surface area (Å²) in [4.78, 5) is 15.7. The molecule has 0 aliphatic heterocycles. The van der Waals surface area contributed by atoms with E-state index in [2.05, 4.69) is 6.92 Å². The molecule has 104 valence electrons. The molecule has 4 nitrogen and oxygen atoms in total. The summed E-state index contributed by atoms with van der Waals surface area (Å²) >= 11 is 0. The van der Waals surface area contributed by atoms with Crippen molar-refractivity contribution in [3.8, 4) is 0 Å². The first kappa shape index (κ1) is 13.7. The molecule has 0 aromatic carbocycles. The minimum atomic E-state index is 0.112. The van der Waals surface area contributed by atoms with Crippen molar-refractivity contribution in [2.24, 2.45) is 5.41 Å². The van der Waals surface area contributed by atoms with Crippen LogP contribution in [0.1, 0.15) is 39.0 Å². The van der Waals surface area contributed by atoms with Crippen LogP contribution in [0.5, 0.6) is 0 Å². The molecule has 4 heteroatoms. The van der Waals surface area contributed by atoms with Gasteiger partial charge in [-0.05, 0) is 26.2 Å². The second kappa shape index (κ2) is 5.08. The lowest BCUT2D eigenvalue weighted by Crippen LogP contribution is -2.64. The minimum Gasteiger partial charge on any atom is -0.378 e. The van der Waals surface area contributed by atoms with Gasteiger partial charge in [0.15, 0.2) is 0 Å². The second-order valence-corrected chi connectivity index (χ2v) is 5.92. The molecule has 2 amide bonds. The zero-order valence-corrected chi connectivity index (χ0v) is 12.1. The van der Waals surface area contributed by atoms with Crippen molar-refractivity contribution < 1.29 is 9.53 Å². The van der Waals surface area contributed by atoms with Gasteiger partial charge in [-0.25, -0.2) is 4.79 Å². The van der Waals surface area contributed by atoms with Gasteiger partial charge >= 0.3 is 6.03 Å². The van der Waals surface area contributed by atoms with Gasteiger partial charge in [-0.15, -0.1) is 0 Å². The molecule has 0 aromatic rings. The van der Waals surface area contributed by atoms with Crippen LogP contribution in [0, 0.1) is 5.41 Å². The summed E-state index contributed by atoms with van der Waals surface area (Å²) in [5.74, 6) is 0. The highest BCUT2D eigenvalue weighted by atomic mass is 16.5. The van der Waals surface area contributed by atoms with Crippen molar-refractivity contribution in [1.29, 1.82) is 0 Å². The Labute approximate surface area is 110 Å². The van der Waals surface area contributed by atoms with Crippen molar-refractivity contribution in [3.63, 3.8) is 0 Å². The highest BCUT2D eigenvalue weighted by Crippen LogP contribution is 2.56. The van der Waals surface area contributed by atoms with E-state index < -0.39 is 0 Å². The molecule has 18 heavy (non-hydrogen) atoms. The quantitative estimate of drug-likeness (QED) is 0.774. The maximum absolute atomic E-state index is 12.1. The average Bonchev–Trinajstić information content (AvgIpc) is 2.84. The lowest BCUT2D eigenvalue weighted by atomic mass is 9.60. The van der Waals surface area contributed by atoms with Crippen LogP contribution in [0.3, 0.4) is 0 Å². The summed E-state index contributed by atoms with van der Waals surface area (Å²) in [7, 11) is 5.58. The predicted molar refractivity (Wildman–Crippen MR) is 71.6 cm³/mol. The lowest BCUT2D eigenvalue weighted by molar-refractivity contribution is -0.152. The van der Waals surface area contributed by atoms with Crippen molar-refractivity contribution in [2.45, 2.75) is 51.2 Å². The topological polar surface area (TPSA) is 32.8 Å². The molecule has 2 aliphatic carbocycles. The maximum atomic E-state index is 12.1. The van der Waals surface area contributed by atoms with Gasteiger partial charge in [0.25, 0.3) is 0 Å². The monoisotopic (exact) mass is 254 g/mol. The van der Waals surface area contributed by atoms with E-state index in [0.717, 1.165) is 13.0 Å². The third kappa shape index (κ3) is 2.00. The highest BCUT2D eigenvalue weighted by molar-refractivity contribution is 5.74. The number of urea groups is 1. The lowest BCUT2D eigenvalue weighted by Gasteiger charge is -2.57. The molecule has 0 N–H and O–H groups in total. The summed E-state index contributed by atoms with van der Waals surface area (Å²) in [6.45, 7) is 2.84. The Morgan fingerprint density at radius 1 is 1.28 bits per heavy atom. The maximum Gasteiger partial charge on any atom is 0.319 e. The summed E-state index contributed by atoms with van der Waals surface area (Å²) in [5, 5.41) is 0. The number of carbonyl (C=O) groups is 1. The zero-order valence-electron chi connectivity index (χ0n) is 12.1. The Balaban J connectivity index is 2.08. The third-order valence-electron chi connectivity index (χ3n) is 4.80. The molecule has 0 heterocycles. The first-order valence-electron chi connectivity index (χ1n) is 7.08. The van der Waals surface area contributed by atoms with Crippen LogP contribution in [0.4, 0.5) is 4.79 Å². The van der Waals surface area contributed by atoms with E-state index >= 15 is 0 Å². The van der Waals surface area contributed by atoms with Gasteiger partial charge < -0.3 is 14.5 Å². The average molecular weight is 254 g/mol. The van der Waals surface area contributed by atoms with Crippen LogP contribution >= 0.6 is 0 Å². The minimum absolute atomic E-state index is 0.112. The molecule has 0 aromatic heterocycles. The van der Waals surface area contributed by atoms with E-state index in [1.807, 2.05) is 26.0 Å². The molecule has 2 fully saturated rings. The first-order chi connectivity index (χ1) is 8.53. The molecule has 0 radical (unpaired) electrons. The standard InChI is InChI=1S/C14H26N2O2/c1-5-18-12-10-11(14(12)8-6-7-9-14)16(4)13(17)15(2)3/h11-12H,5-10H2,1-4H3. The SMILES string of the molecule is CCOC1CC(N(C)C(=O)N(C)C)C12CCCC2. The molecule has 0 saturated heterocycles. The molecule has 1 spiro atoms. The number of rotatable bonds is 3. The summed E-state index contributed by atoms with van der Waals surface area (Å²) in [5.41, 5.74) is 0.246. The molecule has 2 atom stereocenters. The normalized spacial score (nSPS) is 29.1. The fraction of sp³-hybridized carbons (Fsp3) is 0.929. The summed E-state index contributed by atoms with van der Waals surface area (Å²) in [6.07, 6.45) is 6.37. The highest BCUT2D eigenvalue weighted by Gasteiger charge is 2.58. The molecule has 2 unspecified atom stereocenters. The van der Waals surface area contributed by atoms with Gasteiger partial charge in [-0.1, -0.05) is 12.8 Å². The van der Waals surface area contributed by atoms with Crippen LogP contribution < -0.4 is 0 Å². The van der Waals surface area contributed by atoms with Crippen LogP contribution in [0.15, 0.2) is 0 Å². The van der Waals surface area contributed by atoms with Crippen LogP contribution in [0.25, 0.3) is 0 Å². The Hall–Kier alpha value is -0.770. The van der Waals surface area contributed by atoms with Crippen molar-refractivity contribution in [1.82, 2.24) is 9.80 Å². The summed E-state index contributed by atoms with van der Waals surface area (Å²) < 4.78 is 5.88. The number of amides is 2. The van der Waals surface area contributed by atoms with Gasteiger partial charge in [0.1, 0.15) is 0 Å². The van der Waals surface area contributed by atoms with E-state index in [4.69, 9.17) is 4.74 Å². The van der Waals surface area contributed by atoms with Crippen LogP contribution in [-0.4, -0.2) is 55.7 Å². The Bertz CT molecular complexity index is 311. The number of ether oxygens (including phenoxy) is 1. The predicted octanol–water partition coefficient (Wildman–Crippen LogP) is 2.34. The van der Waals surface area contributed by atoms with Crippen molar-refractivity contribution >= 4 is 6.03 Å². The number of carbonyl (C=O) groups excluding carboxylic acids is 1. The van der Waals surface area contributed by atoms with Crippen molar-refractivity contribution in [2.75, 3.05) is 27.7 Å². The molecule has 2 aliphatic rings. The fourth-order valence-electron chi connectivity index (χ4n) is 3.84. The van der Waals surface area contributed by atoms with Gasteiger partial charge in [0, 0.05) is 39.2 Å². The number of hydrogen-bond donors (Lipinski definition) is 0. The Morgan fingerprint density at radius 2 is 1.89 bits per heavy atom. The van der Waals surface area contributed by atoms with Gasteiger partial charge in [-0.3, -0.25) is 0 Å². The second-order valence-electron chi connectivity index (χ2n) is 5.92. The summed E-state index contributed by atoms with van der Waals surface area (Å²) in [6, 6.07) is 0.479. The van der Waals surface area contributed by atoms with Crippen LogP contribution in [0.2, 0.25) is 0 Å². The zero-order chi connectivity index (χ0) is 13.3. The van der Waals surface area contributed by atoms with Gasteiger partial charge in [0.2, 0.25) is 0 Å². The first-order valence-corrected chi connectivity index (χ1v) is 7.08. The molecular formula is C14H26N2O2. The van der Waals surface area contributed by atoms with Crippen molar-refractivity contribution in [3.05, 3.63) is 0 Å². The molecule has 2 rings (SSSR count). The fourth-order valence-corrected chi connectivity index (χ4v) is 3.84. The third-order valence-corrected chi connectivity index (χ3v) is 4.80. The number of nitrogens with zero attached hydrogens (tertiary/aromatic N) is 2. The Kier molecular flexibility index (Phi) is 3.85. The largest absolute Gasteiger partial charge is 0.378 e.